The maximum atomic E-state index is 11.0. The van der Waals surface area contributed by atoms with E-state index in [-0.39, 0.29) is 0 Å². The Morgan fingerprint density at radius 3 is 2.72 bits per heavy atom. The highest BCUT2D eigenvalue weighted by Crippen LogP contribution is 2.23. The van der Waals surface area contributed by atoms with Gasteiger partial charge in [-0.05, 0) is 29.8 Å². The minimum atomic E-state index is -0.568. The Bertz CT molecular complexity index is 722. The van der Waals surface area contributed by atoms with Gasteiger partial charge in [0.25, 0.3) is 5.24 Å². The van der Waals surface area contributed by atoms with E-state index >= 15 is 0 Å². The number of hydrogen-bond acceptors (Lipinski definition) is 4. The lowest BCUT2D eigenvalue weighted by molar-refractivity contribution is 0.108. The SMILES string of the molecule is O=C(Cl)c1cnc2nc(-c3ccccc3)oc2c1. The molecule has 5 heteroatoms. The summed E-state index contributed by atoms with van der Waals surface area (Å²) in [6.07, 6.45) is 1.38. The molecule has 0 saturated heterocycles. The van der Waals surface area contributed by atoms with E-state index < -0.39 is 5.24 Å². The van der Waals surface area contributed by atoms with Crippen molar-refractivity contribution in [3.8, 4) is 11.5 Å². The van der Waals surface area contributed by atoms with Gasteiger partial charge < -0.3 is 4.42 Å². The minimum Gasteiger partial charge on any atom is -0.434 e. The van der Waals surface area contributed by atoms with Crippen molar-refractivity contribution in [3.05, 3.63) is 48.2 Å². The van der Waals surface area contributed by atoms with Crippen LogP contribution >= 0.6 is 11.6 Å². The molecule has 1 aromatic carbocycles. The molecular weight excluding hydrogens is 252 g/mol. The highest BCUT2D eigenvalue weighted by molar-refractivity contribution is 6.67. The van der Waals surface area contributed by atoms with Crippen molar-refractivity contribution in [3.63, 3.8) is 0 Å². The van der Waals surface area contributed by atoms with Gasteiger partial charge >= 0.3 is 0 Å². The summed E-state index contributed by atoms with van der Waals surface area (Å²) in [5.41, 5.74) is 2.05. The summed E-state index contributed by atoms with van der Waals surface area (Å²) >= 11 is 5.39. The second kappa shape index (κ2) is 4.23. The van der Waals surface area contributed by atoms with Crippen molar-refractivity contribution in [2.45, 2.75) is 0 Å². The van der Waals surface area contributed by atoms with E-state index in [0.29, 0.717) is 22.7 Å². The van der Waals surface area contributed by atoms with Crippen LogP contribution in [0, 0.1) is 0 Å². The Labute approximate surface area is 107 Å². The first-order valence-corrected chi connectivity index (χ1v) is 5.64. The van der Waals surface area contributed by atoms with E-state index in [1.165, 1.54) is 12.3 Å². The van der Waals surface area contributed by atoms with E-state index in [1.807, 2.05) is 30.3 Å². The molecule has 2 heterocycles. The number of halogens is 1. The molecule has 88 valence electrons. The van der Waals surface area contributed by atoms with Gasteiger partial charge in [0.2, 0.25) is 5.89 Å². The zero-order valence-corrected chi connectivity index (χ0v) is 9.89. The molecular formula is C13H7ClN2O2. The minimum absolute atomic E-state index is 0.292. The number of fused-ring (bicyclic) bond motifs is 1. The molecule has 18 heavy (non-hydrogen) atoms. The lowest BCUT2D eigenvalue weighted by atomic mass is 10.2. The van der Waals surface area contributed by atoms with Crippen LogP contribution in [0.2, 0.25) is 0 Å². The van der Waals surface area contributed by atoms with Crippen LogP contribution in [-0.4, -0.2) is 15.2 Å². The van der Waals surface area contributed by atoms with E-state index in [1.54, 1.807) is 0 Å². The third-order valence-corrected chi connectivity index (χ3v) is 2.71. The summed E-state index contributed by atoms with van der Waals surface area (Å²) in [5, 5.41) is -0.568. The van der Waals surface area contributed by atoms with E-state index in [2.05, 4.69) is 9.97 Å². The number of nitrogens with zero attached hydrogens (tertiary/aromatic N) is 2. The van der Waals surface area contributed by atoms with Crippen LogP contribution in [0.3, 0.4) is 0 Å². The summed E-state index contributed by atoms with van der Waals surface area (Å²) in [6.45, 7) is 0. The number of oxazole rings is 1. The molecule has 2 aromatic heterocycles. The van der Waals surface area contributed by atoms with Crippen LogP contribution < -0.4 is 0 Å². The summed E-state index contributed by atoms with van der Waals surface area (Å²) in [5.74, 6) is 0.470. The molecule has 0 saturated carbocycles. The fourth-order valence-corrected chi connectivity index (χ4v) is 1.73. The number of pyridine rings is 1. The number of rotatable bonds is 2. The van der Waals surface area contributed by atoms with Gasteiger partial charge in [-0.2, -0.15) is 4.98 Å². The number of hydrogen-bond donors (Lipinski definition) is 0. The average molecular weight is 259 g/mol. The molecule has 0 N–H and O–H groups in total. The average Bonchev–Trinajstić information content (AvgIpc) is 2.82. The molecule has 0 atom stereocenters. The molecule has 0 bridgehead atoms. The Kier molecular flexibility index (Phi) is 2.57. The molecule has 3 rings (SSSR count). The van der Waals surface area contributed by atoms with E-state index in [0.717, 1.165) is 5.56 Å². The predicted molar refractivity (Wildman–Crippen MR) is 67.4 cm³/mol. The summed E-state index contributed by atoms with van der Waals surface area (Å²) in [7, 11) is 0. The smallest absolute Gasteiger partial charge is 0.254 e. The second-order valence-electron chi connectivity index (χ2n) is 3.70. The maximum absolute atomic E-state index is 11.0. The first kappa shape index (κ1) is 10.9. The molecule has 3 aromatic rings. The van der Waals surface area contributed by atoms with Crippen molar-refractivity contribution < 1.29 is 9.21 Å². The molecule has 0 amide bonds. The van der Waals surface area contributed by atoms with Crippen LogP contribution in [0.1, 0.15) is 10.4 Å². The van der Waals surface area contributed by atoms with Crippen LogP contribution in [0.25, 0.3) is 22.7 Å². The summed E-state index contributed by atoms with van der Waals surface area (Å²) in [6, 6.07) is 11.0. The molecule has 0 aliphatic carbocycles. The largest absolute Gasteiger partial charge is 0.434 e. The highest BCUT2D eigenvalue weighted by Gasteiger charge is 2.11. The van der Waals surface area contributed by atoms with Crippen molar-refractivity contribution in [2.75, 3.05) is 0 Å². The second-order valence-corrected chi connectivity index (χ2v) is 4.05. The van der Waals surface area contributed by atoms with Gasteiger partial charge in [0, 0.05) is 11.8 Å². The van der Waals surface area contributed by atoms with Gasteiger partial charge in [-0.3, -0.25) is 4.79 Å². The Balaban J connectivity index is 2.14. The van der Waals surface area contributed by atoms with Crippen molar-refractivity contribution in [1.29, 1.82) is 0 Å². The normalized spacial score (nSPS) is 10.7. The topological polar surface area (TPSA) is 56.0 Å². The van der Waals surface area contributed by atoms with Gasteiger partial charge in [0.05, 0.1) is 5.56 Å². The van der Waals surface area contributed by atoms with E-state index in [9.17, 15) is 4.79 Å². The standard InChI is InChI=1S/C13H7ClN2O2/c14-11(17)9-6-10-12(15-7-9)16-13(18-10)8-4-2-1-3-5-8/h1-7H. The first-order chi connectivity index (χ1) is 8.74. The number of benzene rings is 1. The van der Waals surface area contributed by atoms with Crippen molar-refractivity contribution in [1.82, 2.24) is 9.97 Å². The first-order valence-electron chi connectivity index (χ1n) is 5.26. The summed E-state index contributed by atoms with van der Waals surface area (Å²) in [4.78, 5) is 19.3. The molecule has 0 radical (unpaired) electrons. The molecule has 0 unspecified atom stereocenters. The predicted octanol–water partition coefficient (Wildman–Crippen LogP) is 3.27. The van der Waals surface area contributed by atoms with Gasteiger partial charge in [-0.1, -0.05) is 18.2 Å². The van der Waals surface area contributed by atoms with Gasteiger partial charge in [0.1, 0.15) is 0 Å². The van der Waals surface area contributed by atoms with Crippen molar-refractivity contribution in [2.24, 2.45) is 0 Å². The van der Waals surface area contributed by atoms with Crippen LogP contribution in [0.15, 0.2) is 47.0 Å². The van der Waals surface area contributed by atoms with E-state index in [4.69, 9.17) is 16.0 Å². The Hall–Kier alpha value is -2.20. The Morgan fingerprint density at radius 1 is 1.22 bits per heavy atom. The molecule has 0 spiro atoms. The lowest BCUT2D eigenvalue weighted by Gasteiger charge is -1.91. The van der Waals surface area contributed by atoms with Crippen molar-refractivity contribution >= 4 is 28.1 Å². The quantitative estimate of drug-likeness (QED) is 0.662. The lowest BCUT2D eigenvalue weighted by Crippen LogP contribution is -1.89. The highest BCUT2D eigenvalue weighted by atomic mass is 35.5. The van der Waals surface area contributed by atoms with Gasteiger partial charge in [0.15, 0.2) is 11.2 Å². The fraction of sp³-hybridized carbons (Fsp3) is 0. The van der Waals surface area contributed by atoms with Gasteiger partial charge in [-0.15, -0.1) is 0 Å². The molecule has 0 aliphatic heterocycles. The Morgan fingerprint density at radius 2 is 2.00 bits per heavy atom. The number of carbonyl (C=O) groups excluding carboxylic acids is 1. The monoisotopic (exact) mass is 258 g/mol. The fourth-order valence-electron chi connectivity index (χ4n) is 1.63. The number of carbonyl (C=O) groups is 1. The van der Waals surface area contributed by atoms with Crippen LogP contribution in [0.5, 0.6) is 0 Å². The molecule has 0 aliphatic rings. The third-order valence-electron chi connectivity index (χ3n) is 2.49. The summed E-state index contributed by atoms with van der Waals surface area (Å²) < 4.78 is 5.56. The van der Waals surface area contributed by atoms with Gasteiger partial charge in [-0.25, -0.2) is 4.98 Å². The number of aromatic nitrogens is 2. The zero-order chi connectivity index (χ0) is 12.5. The van der Waals surface area contributed by atoms with Crippen LogP contribution in [-0.2, 0) is 0 Å². The van der Waals surface area contributed by atoms with Crippen LogP contribution in [0.4, 0.5) is 0 Å². The molecule has 4 nitrogen and oxygen atoms in total. The zero-order valence-electron chi connectivity index (χ0n) is 9.13. The third kappa shape index (κ3) is 1.87. The molecule has 0 fully saturated rings. The maximum Gasteiger partial charge on any atom is 0.254 e.